The van der Waals surface area contributed by atoms with Gasteiger partial charge in [0.15, 0.2) is 0 Å². The summed E-state index contributed by atoms with van der Waals surface area (Å²) in [5, 5.41) is 22.8. The summed E-state index contributed by atoms with van der Waals surface area (Å²) in [5.41, 5.74) is 2.03. The molecule has 0 fully saturated rings. The minimum absolute atomic E-state index is 0. The third kappa shape index (κ3) is 4.40. The zero-order chi connectivity index (χ0) is 17.3. The van der Waals surface area contributed by atoms with E-state index in [1.807, 2.05) is 48.3 Å². The summed E-state index contributed by atoms with van der Waals surface area (Å²) in [4.78, 5) is 1.91. The molecule has 1 unspecified atom stereocenters. The third-order valence-corrected chi connectivity index (χ3v) is 4.66. The van der Waals surface area contributed by atoms with Crippen LogP contribution in [0.2, 0.25) is 10.0 Å². The lowest BCUT2D eigenvalue weighted by atomic mass is 10.1. The molecule has 0 amide bonds. The zero-order valence-electron chi connectivity index (χ0n) is 13.8. The summed E-state index contributed by atoms with van der Waals surface area (Å²) in [5.74, 6) is 0. The first-order valence-corrected chi connectivity index (χ1v) is 8.59. The molecule has 1 heterocycles. The molecular weight excluding hydrogens is 383 g/mol. The smallest absolute Gasteiger partial charge is 0.0845 e. The van der Waals surface area contributed by atoms with Crippen LogP contribution in [0.25, 0.3) is 21.8 Å². The van der Waals surface area contributed by atoms with E-state index < -0.39 is 6.10 Å². The maximum absolute atomic E-state index is 10.4. The molecule has 0 bridgehead atoms. The molecule has 2 aromatic carbocycles. The maximum atomic E-state index is 10.4. The van der Waals surface area contributed by atoms with Gasteiger partial charge in [-0.1, -0.05) is 23.2 Å². The summed E-state index contributed by atoms with van der Waals surface area (Å²) in [6, 6.07) is 11.5. The monoisotopic (exact) mass is 402 g/mol. The van der Waals surface area contributed by atoms with Gasteiger partial charge in [0.1, 0.15) is 0 Å². The van der Waals surface area contributed by atoms with Crippen LogP contribution in [0.4, 0.5) is 0 Å². The Morgan fingerprint density at radius 1 is 1.04 bits per heavy atom. The largest absolute Gasteiger partial charge is 0.395 e. The van der Waals surface area contributed by atoms with E-state index in [1.165, 1.54) is 0 Å². The Hall–Kier alpha value is -1.01. The molecule has 0 aliphatic heterocycles. The van der Waals surface area contributed by atoms with E-state index in [2.05, 4.69) is 4.57 Å². The number of hydrogen-bond acceptors (Lipinski definition) is 3. The summed E-state index contributed by atoms with van der Waals surface area (Å²) in [6.07, 6.45) is -0.549. The molecule has 2 N–H and O–H groups in total. The van der Waals surface area contributed by atoms with Crippen LogP contribution in [0.3, 0.4) is 0 Å². The maximum Gasteiger partial charge on any atom is 0.0845 e. The van der Waals surface area contributed by atoms with Crippen molar-refractivity contribution in [2.45, 2.75) is 12.6 Å². The van der Waals surface area contributed by atoms with E-state index in [4.69, 9.17) is 28.3 Å². The second-order valence-electron chi connectivity index (χ2n) is 6.07. The Morgan fingerprint density at radius 2 is 1.56 bits per heavy atom. The SMILES string of the molecule is CN(CCO)CC(O)Cn1c2ccc(Cl)cc2c2cc(Cl)ccc21.Cl. The van der Waals surface area contributed by atoms with E-state index >= 15 is 0 Å². The van der Waals surface area contributed by atoms with Crippen molar-refractivity contribution in [3.05, 3.63) is 46.4 Å². The number of likely N-dealkylation sites (N-methyl/N-ethyl adjacent to an activating group) is 1. The van der Waals surface area contributed by atoms with E-state index in [-0.39, 0.29) is 19.0 Å². The number of aromatic nitrogens is 1. The minimum atomic E-state index is -0.549. The van der Waals surface area contributed by atoms with Crippen LogP contribution < -0.4 is 0 Å². The number of fused-ring (bicyclic) bond motifs is 3. The van der Waals surface area contributed by atoms with Gasteiger partial charge in [0, 0.05) is 44.9 Å². The van der Waals surface area contributed by atoms with E-state index in [0.29, 0.717) is 29.7 Å². The van der Waals surface area contributed by atoms with Crippen molar-refractivity contribution in [2.75, 3.05) is 26.7 Å². The van der Waals surface area contributed by atoms with E-state index in [9.17, 15) is 5.11 Å². The van der Waals surface area contributed by atoms with Gasteiger partial charge in [-0.15, -0.1) is 12.4 Å². The Labute approximate surface area is 163 Å². The highest BCUT2D eigenvalue weighted by Crippen LogP contribution is 2.33. The van der Waals surface area contributed by atoms with Crippen molar-refractivity contribution in [3.8, 4) is 0 Å². The van der Waals surface area contributed by atoms with Gasteiger partial charge in [0.05, 0.1) is 19.3 Å². The molecule has 0 spiro atoms. The average Bonchev–Trinajstić information content (AvgIpc) is 2.80. The second-order valence-corrected chi connectivity index (χ2v) is 6.95. The normalized spacial score (nSPS) is 12.7. The fourth-order valence-corrected chi connectivity index (χ4v) is 3.48. The summed E-state index contributed by atoms with van der Waals surface area (Å²) in [6.45, 7) is 1.56. The van der Waals surface area contributed by atoms with E-state index in [0.717, 1.165) is 21.8 Å². The van der Waals surface area contributed by atoms with Crippen molar-refractivity contribution in [1.82, 2.24) is 9.47 Å². The lowest BCUT2D eigenvalue weighted by Crippen LogP contribution is -2.33. The Balaban J connectivity index is 0.00000225. The molecule has 3 aromatic rings. The van der Waals surface area contributed by atoms with Crippen LogP contribution in [0.15, 0.2) is 36.4 Å². The predicted molar refractivity (Wildman–Crippen MR) is 107 cm³/mol. The second kappa shape index (κ2) is 8.58. The highest BCUT2D eigenvalue weighted by molar-refractivity contribution is 6.33. The highest BCUT2D eigenvalue weighted by atomic mass is 35.5. The molecule has 25 heavy (non-hydrogen) atoms. The van der Waals surface area contributed by atoms with Gasteiger partial charge in [0.2, 0.25) is 0 Å². The summed E-state index contributed by atoms with van der Waals surface area (Å²) >= 11 is 12.3. The van der Waals surface area contributed by atoms with Crippen LogP contribution in [0, 0.1) is 0 Å². The van der Waals surface area contributed by atoms with Crippen LogP contribution in [-0.4, -0.2) is 52.5 Å². The third-order valence-electron chi connectivity index (χ3n) is 4.19. The molecule has 0 saturated carbocycles. The number of aliphatic hydroxyl groups is 2. The number of benzene rings is 2. The fraction of sp³-hybridized carbons (Fsp3) is 0.333. The van der Waals surface area contributed by atoms with Crippen LogP contribution in [-0.2, 0) is 6.54 Å². The van der Waals surface area contributed by atoms with Gasteiger partial charge in [-0.25, -0.2) is 0 Å². The first-order chi connectivity index (χ1) is 11.5. The standard InChI is InChI=1S/C18H20Cl2N2O2.ClH/c1-21(6-7-23)10-14(24)11-22-17-4-2-12(19)8-15(17)16-9-13(20)3-5-18(16)22;/h2-5,8-9,14,23-24H,6-7,10-11H2,1H3;1H. The van der Waals surface area contributed by atoms with Gasteiger partial charge in [0.25, 0.3) is 0 Å². The first kappa shape index (κ1) is 20.3. The summed E-state index contributed by atoms with van der Waals surface area (Å²) in [7, 11) is 1.88. The fourth-order valence-electron chi connectivity index (χ4n) is 3.14. The molecule has 1 atom stereocenters. The zero-order valence-corrected chi connectivity index (χ0v) is 16.2. The molecule has 0 radical (unpaired) electrons. The molecule has 4 nitrogen and oxygen atoms in total. The number of rotatable bonds is 6. The lowest BCUT2D eigenvalue weighted by Gasteiger charge is -2.20. The average molecular weight is 404 g/mol. The van der Waals surface area contributed by atoms with Gasteiger partial charge in [-0.2, -0.15) is 0 Å². The van der Waals surface area contributed by atoms with Crippen LogP contribution in [0.1, 0.15) is 0 Å². The van der Waals surface area contributed by atoms with Crippen molar-refractivity contribution >= 4 is 57.4 Å². The Morgan fingerprint density at radius 3 is 2.04 bits per heavy atom. The number of aliphatic hydroxyl groups excluding tert-OH is 2. The van der Waals surface area contributed by atoms with Crippen molar-refractivity contribution in [3.63, 3.8) is 0 Å². The quantitative estimate of drug-likeness (QED) is 0.658. The molecule has 0 saturated heterocycles. The molecule has 0 aliphatic carbocycles. The molecule has 3 rings (SSSR count). The van der Waals surface area contributed by atoms with Gasteiger partial charge >= 0.3 is 0 Å². The van der Waals surface area contributed by atoms with Crippen LogP contribution in [0.5, 0.6) is 0 Å². The molecule has 0 aliphatic rings. The first-order valence-electron chi connectivity index (χ1n) is 7.84. The molecule has 7 heteroatoms. The predicted octanol–water partition coefficient (Wildman–Crippen LogP) is 3.81. The number of nitrogens with zero attached hydrogens (tertiary/aromatic N) is 2. The van der Waals surface area contributed by atoms with Gasteiger partial charge in [-0.3, -0.25) is 0 Å². The molecule has 136 valence electrons. The molecule has 1 aromatic heterocycles. The summed E-state index contributed by atoms with van der Waals surface area (Å²) < 4.78 is 2.09. The van der Waals surface area contributed by atoms with Crippen LogP contribution >= 0.6 is 35.6 Å². The van der Waals surface area contributed by atoms with Gasteiger partial charge < -0.3 is 19.7 Å². The lowest BCUT2D eigenvalue weighted by molar-refractivity contribution is 0.102. The minimum Gasteiger partial charge on any atom is -0.395 e. The molecular formula is C18H21Cl3N2O2. The van der Waals surface area contributed by atoms with E-state index in [1.54, 1.807) is 0 Å². The topological polar surface area (TPSA) is 48.6 Å². The Kier molecular flexibility index (Phi) is 6.97. The number of hydrogen-bond donors (Lipinski definition) is 2. The highest BCUT2D eigenvalue weighted by Gasteiger charge is 2.15. The number of halogens is 3. The van der Waals surface area contributed by atoms with Crippen molar-refractivity contribution in [1.29, 1.82) is 0 Å². The Bertz CT molecular complexity index is 807. The van der Waals surface area contributed by atoms with Crippen molar-refractivity contribution < 1.29 is 10.2 Å². The van der Waals surface area contributed by atoms with Crippen molar-refractivity contribution in [2.24, 2.45) is 0 Å². The van der Waals surface area contributed by atoms with Gasteiger partial charge in [-0.05, 0) is 43.4 Å².